The number of thioether (sulfide) groups is 1. The van der Waals surface area contributed by atoms with Crippen molar-refractivity contribution in [3.05, 3.63) is 35.9 Å². The normalized spacial score (nSPS) is 45.4. The zero-order valence-corrected chi connectivity index (χ0v) is 13.9. The Morgan fingerprint density at radius 1 is 1.27 bits per heavy atom. The molecule has 5 rings (SSSR count). The average Bonchev–Trinajstić information content (AvgIpc) is 3.16. The van der Waals surface area contributed by atoms with E-state index in [0.717, 1.165) is 6.54 Å². The standard InChI is InChI=1S/C19H23NOS/c1-2-18-10-6-12-20-17(21)16-15(13-7-4-3-5-8-13)14(9-11-18)19(18,20)22-16/h3-5,7-8,14-16H,2,6,9-12H2,1H3/t14-,15+,16+,18+,19+/m0/s1. The highest BCUT2D eigenvalue weighted by Gasteiger charge is 2.76. The van der Waals surface area contributed by atoms with Gasteiger partial charge in [0.05, 0.1) is 10.1 Å². The van der Waals surface area contributed by atoms with Gasteiger partial charge in [-0.05, 0) is 37.7 Å². The summed E-state index contributed by atoms with van der Waals surface area (Å²) in [5, 5.41) is 0.178. The van der Waals surface area contributed by atoms with Gasteiger partial charge in [0.1, 0.15) is 0 Å². The summed E-state index contributed by atoms with van der Waals surface area (Å²) in [4.78, 5) is 15.5. The van der Waals surface area contributed by atoms with E-state index in [1.54, 1.807) is 0 Å². The van der Waals surface area contributed by atoms with Crippen molar-refractivity contribution >= 4 is 17.7 Å². The van der Waals surface area contributed by atoms with Crippen LogP contribution in [0.15, 0.2) is 30.3 Å². The van der Waals surface area contributed by atoms with Gasteiger partial charge in [0.15, 0.2) is 0 Å². The molecule has 2 nitrogen and oxygen atoms in total. The van der Waals surface area contributed by atoms with Crippen LogP contribution in [-0.2, 0) is 4.79 Å². The van der Waals surface area contributed by atoms with Crippen molar-refractivity contribution in [2.24, 2.45) is 11.3 Å². The van der Waals surface area contributed by atoms with Crippen LogP contribution >= 0.6 is 11.8 Å². The van der Waals surface area contributed by atoms with Crippen molar-refractivity contribution in [1.29, 1.82) is 0 Å². The maximum Gasteiger partial charge on any atom is 0.237 e. The molecule has 1 amide bonds. The van der Waals surface area contributed by atoms with Gasteiger partial charge in [-0.1, -0.05) is 37.3 Å². The van der Waals surface area contributed by atoms with Gasteiger partial charge >= 0.3 is 0 Å². The highest BCUT2D eigenvalue weighted by Crippen LogP contribution is 2.76. The van der Waals surface area contributed by atoms with Gasteiger partial charge in [-0.2, -0.15) is 0 Å². The van der Waals surface area contributed by atoms with Crippen LogP contribution in [0.2, 0.25) is 0 Å². The van der Waals surface area contributed by atoms with Crippen LogP contribution < -0.4 is 0 Å². The summed E-state index contributed by atoms with van der Waals surface area (Å²) in [7, 11) is 0. The van der Waals surface area contributed by atoms with Crippen molar-refractivity contribution in [2.75, 3.05) is 6.54 Å². The molecule has 4 fully saturated rings. The molecule has 4 aliphatic rings. The van der Waals surface area contributed by atoms with E-state index in [2.05, 4.69) is 53.9 Å². The Kier molecular flexibility index (Phi) is 2.64. The van der Waals surface area contributed by atoms with Crippen LogP contribution in [0.4, 0.5) is 0 Å². The number of piperidine rings is 2. The molecule has 116 valence electrons. The molecule has 22 heavy (non-hydrogen) atoms. The second-order valence-electron chi connectivity index (χ2n) is 7.54. The van der Waals surface area contributed by atoms with Crippen molar-refractivity contribution in [1.82, 2.24) is 4.90 Å². The maximum absolute atomic E-state index is 13.1. The number of benzene rings is 1. The second-order valence-corrected chi connectivity index (χ2v) is 8.91. The Labute approximate surface area is 136 Å². The quantitative estimate of drug-likeness (QED) is 0.822. The Balaban J connectivity index is 1.67. The van der Waals surface area contributed by atoms with E-state index >= 15 is 0 Å². The minimum absolute atomic E-state index is 0.127. The third kappa shape index (κ3) is 1.30. The van der Waals surface area contributed by atoms with Gasteiger partial charge in [0.2, 0.25) is 5.91 Å². The first-order chi connectivity index (χ1) is 10.7. The topological polar surface area (TPSA) is 20.3 Å². The minimum atomic E-state index is 0.127. The van der Waals surface area contributed by atoms with Gasteiger partial charge in [-0.3, -0.25) is 4.79 Å². The lowest BCUT2D eigenvalue weighted by Crippen LogP contribution is -2.62. The molecular formula is C19H23NOS. The first kappa shape index (κ1) is 13.5. The minimum Gasteiger partial charge on any atom is -0.326 e. The fraction of sp³-hybridized carbons (Fsp3) is 0.632. The molecule has 1 aromatic rings. The third-order valence-corrected chi connectivity index (χ3v) is 9.14. The molecule has 3 saturated heterocycles. The smallest absolute Gasteiger partial charge is 0.237 e. The molecule has 0 radical (unpaired) electrons. The largest absolute Gasteiger partial charge is 0.326 e. The molecule has 5 atom stereocenters. The molecule has 1 spiro atoms. The fourth-order valence-corrected chi connectivity index (χ4v) is 8.68. The number of nitrogens with zero attached hydrogens (tertiary/aromatic N) is 1. The average molecular weight is 313 g/mol. The summed E-state index contributed by atoms with van der Waals surface area (Å²) >= 11 is 2.05. The molecule has 1 aromatic carbocycles. The van der Waals surface area contributed by atoms with E-state index in [0.29, 0.717) is 23.2 Å². The maximum atomic E-state index is 13.1. The third-order valence-electron chi connectivity index (χ3n) is 7.07. The van der Waals surface area contributed by atoms with E-state index in [1.807, 2.05) is 0 Å². The monoisotopic (exact) mass is 313 g/mol. The van der Waals surface area contributed by atoms with E-state index < -0.39 is 0 Å². The van der Waals surface area contributed by atoms with Gasteiger partial charge in [-0.25, -0.2) is 0 Å². The Morgan fingerprint density at radius 3 is 2.86 bits per heavy atom. The fourth-order valence-electron chi connectivity index (χ4n) is 6.23. The summed E-state index contributed by atoms with van der Waals surface area (Å²) in [6, 6.07) is 10.8. The first-order valence-corrected chi connectivity index (χ1v) is 9.66. The van der Waals surface area contributed by atoms with E-state index in [-0.39, 0.29) is 10.1 Å². The molecule has 2 bridgehead atoms. The summed E-state index contributed by atoms with van der Waals surface area (Å²) in [5.41, 5.74) is 1.78. The zero-order valence-electron chi connectivity index (χ0n) is 13.1. The van der Waals surface area contributed by atoms with Gasteiger partial charge < -0.3 is 4.90 Å². The molecule has 3 heteroatoms. The number of amides is 1. The molecule has 0 N–H and O–H groups in total. The molecule has 1 saturated carbocycles. The van der Waals surface area contributed by atoms with Crippen LogP contribution in [0.3, 0.4) is 0 Å². The van der Waals surface area contributed by atoms with Gasteiger partial charge in [0.25, 0.3) is 0 Å². The number of hydrogen-bond donors (Lipinski definition) is 0. The lowest BCUT2D eigenvalue weighted by molar-refractivity contribution is -0.144. The Bertz CT molecular complexity index is 632. The summed E-state index contributed by atoms with van der Waals surface area (Å²) in [6.45, 7) is 3.36. The summed E-state index contributed by atoms with van der Waals surface area (Å²) < 4.78 is 0. The van der Waals surface area contributed by atoms with Crippen LogP contribution in [-0.4, -0.2) is 27.5 Å². The van der Waals surface area contributed by atoms with Crippen molar-refractivity contribution in [3.8, 4) is 0 Å². The van der Waals surface area contributed by atoms with Gasteiger partial charge in [-0.15, -0.1) is 11.8 Å². The molecule has 0 unspecified atom stereocenters. The molecule has 1 aliphatic carbocycles. The number of hydrogen-bond acceptors (Lipinski definition) is 2. The Morgan fingerprint density at radius 2 is 2.09 bits per heavy atom. The lowest BCUT2D eigenvalue weighted by Gasteiger charge is -2.54. The highest BCUT2D eigenvalue weighted by atomic mass is 32.2. The molecule has 3 heterocycles. The van der Waals surface area contributed by atoms with Crippen molar-refractivity contribution < 1.29 is 4.79 Å². The van der Waals surface area contributed by atoms with E-state index in [1.165, 1.54) is 37.7 Å². The summed E-state index contributed by atoms with van der Waals surface area (Å²) in [5.74, 6) is 1.55. The van der Waals surface area contributed by atoms with Crippen LogP contribution in [0.5, 0.6) is 0 Å². The first-order valence-electron chi connectivity index (χ1n) is 8.78. The molecular weight excluding hydrogens is 290 g/mol. The second kappa shape index (κ2) is 4.31. The van der Waals surface area contributed by atoms with Gasteiger partial charge in [0, 0.05) is 23.8 Å². The predicted octanol–water partition coefficient (Wildman–Crippen LogP) is 4.02. The molecule has 0 aromatic heterocycles. The lowest BCUT2D eigenvalue weighted by atomic mass is 9.66. The molecule has 3 aliphatic heterocycles. The highest BCUT2D eigenvalue weighted by molar-refractivity contribution is 8.02. The predicted molar refractivity (Wildman–Crippen MR) is 89.7 cm³/mol. The van der Waals surface area contributed by atoms with Crippen LogP contribution in [0, 0.1) is 11.3 Å². The van der Waals surface area contributed by atoms with Crippen molar-refractivity contribution in [2.45, 2.75) is 55.1 Å². The number of carbonyl (C=O) groups is 1. The summed E-state index contributed by atoms with van der Waals surface area (Å²) in [6.07, 6.45) is 6.39. The van der Waals surface area contributed by atoms with E-state index in [4.69, 9.17) is 0 Å². The van der Waals surface area contributed by atoms with Crippen LogP contribution in [0.25, 0.3) is 0 Å². The SMILES string of the molecule is CC[C@]12CCCN3C(=O)[C@@H]4S[C@@]31[C@@H](CC2)[C@H]4c1ccccc1. The van der Waals surface area contributed by atoms with Crippen LogP contribution in [0.1, 0.15) is 50.5 Å². The number of fused-ring (bicyclic) bond motifs is 1. The van der Waals surface area contributed by atoms with E-state index in [9.17, 15) is 4.79 Å². The zero-order chi connectivity index (χ0) is 14.9. The number of carbonyl (C=O) groups excluding carboxylic acids is 1. The van der Waals surface area contributed by atoms with Crippen molar-refractivity contribution in [3.63, 3.8) is 0 Å². The number of rotatable bonds is 2. The Hall–Kier alpha value is -0.960.